The number of nitrogens with zero attached hydrogens (tertiary/aromatic N) is 1. The maximum Gasteiger partial charge on any atom is 0.134 e. The van der Waals surface area contributed by atoms with Gasteiger partial charge in [-0.1, -0.05) is 25.1 Å². The number of nitrogens with one attached hydrogen (secondary N) is 1. The van der Waals surface area contributed by atoms with Crippen LogP contribution in [-0.4, -0.2) is 38.1 Å². The number of furan rings is 1. The Morgan fingerprint density at radius 1 is 1.22 bits per heavy atom. The Morgan fingerprint density at radius 2 is 2.06 bits per heavy atom. The van der Waals surface area contributed by atoms with Gasteiger partial charge in [-0.2, -0.15) is 0 Å². The fraction of sp³-hybridized carbons (Fsp3) is 0.467. The van der Waals surface area contributed by atoms with Gasteiger partial charge >= 0.3 is 0 Å². The summed E-state index contributed by atoms with van der Waals surface area (Å²) < 4.78 is 5.55. The first-order chi connectivity index (χ1) is 8.81. The molecule has 0 spiro atoms. The van der Waals surface area contributed by atoms with Gasteiger partial charge in [0.1, 0.15) is 5.58 Å². The topological polar surface area (TPSA) is 28.4 Å². The molecular weight excluding hydrogens is 224 g/mol. The summed E-state index contributed by atoms with van der Waals surface area (Å²) in [6, 6.07) is 8.23. The number of hydrogen-bond acceptors (Lipinski definition) is 3. The Bertz CT molecular complexity index is 478. The highest BCUT2D eigenvalue weighted by Crippen LogP contribution is 2.20. The minimum atomic E-state index is 0.989. The third kappa shape index (κ3) is 3.34. The molecule has 0 amide bonds. The fourth-order valence-corrected chi connectivity index (χ4v) is 2.10. The average molecular weight is 246 g/mol. The van der Waals surface area contributed by atoms with Crippen LogP contribution in [0, 0.1) is 0 Å². The highest BCUT2D eigenvalue weighted by molar-refractivity contribution is 5.80. The minimum absolute atomic E-state index is 0.989. The number of hydrogen-bond donors (Lipinski definition) is 1. The highest BCUT2D eigenvalue weighted by Gasteiger charge is 2.06. The molecule has 0 saturated heterocycles. The first-order valence-corrected chi connectivity index (χ1v) is 6.65. The monoisotopic (exact) mass is 246 g/mol. The van der Waals surface area contributed by atoms with E-state index in [0.717, 1.165) is 38.2 Å². The van der Waals surface area contributed by atoms with E-state index in [0.29, 0.717) is 0 Å². The summed E-state index contributed by atoms with van der Waals surface area (Å²) in [6.45, 7) is 6.38. The van der Waals surface area contributed by atoms with Crippen molar-refractivity contribution in [3.63, 3.8) is 0 Å². The summed E-state index contributed by atoms with van der Waals surface area (Å²) in [4.78, 5) is 2.35. The van der Waals surface area contributed by atoms with Crippen LogP contribution in [0.4, 0.5) is 0 Å². The first kappa shape index (κ1) is 13.1. The second-order valence-corrected chi connectivity index (χ2v) is 4.66. The third-order valence-electron chi connectivity index (χ3n) is 3.24. The molecular formula is C15H22N2O. The lowest BCUT2D eigenvalue weighted by atomic mass is 10.1. The van der Waals surface area contributed by atoms with Gasteiger partial charge in [0.25, 0.3) is 0 Å². The van der Waals surface area contributed by atoms with Crippen LogP contribution in [-0.2, 0) is 6.42 Å². The Hall–Kier alpha value is -1.32. The zero-order valence-electron chi connectivity index (χ0n) is 11.3. The third-order valence-corrected chi connectivity index (χ3v) is 3.24. The average Bonchev–Trinajstić information content (AvgIpc) is 2.80. The fourth-order valence-electron chi connectivity index (χ4n) is 2.10. The Morgan fingerprint density at radius 3 is 2.89 bits per heavy atom. The van der Waals surface area contributed by atoms with E-state index < -0.39 is 0 Å². The molecule has 1 heterocycles. The van der Waals surface area contributed by atoms with Gasteiger partial charge in [0, 0.05) is 25.0 Å². The van der Waals surface area contributed by atoms with Crippen molar-refractivity contribution in [3.05, 3.63) is 36.1 Å². The molecule has 0 aliphatic heterocycles. The molecule has 0 fully saturated rings. The molecule has 1 aromatic heterocycles. The second kappa shape index (κ2) is 6.57. The van der Waals surface area contributed by atoms with E-state index in [4.69, 9.17) is 4.42 Å². The molecule has 0 saturated carbocycles. The molecule has 3 heteroatoms. The van der Waals surface area contributed by atoms with E-state index in [2.05, 4.69) is 36.3 Å². The van der Waals surface area contributed by atoms with Crippen molar-refractivity contribution in [3.8, 4) is 0 Å². The van der Waals surface area contributed by atoms with Crippen molar-refractivity contribution in [2.75, 3.05) is 33.2 Å². The van der Waals surface area contributed by atoms with Crippen LogP contribution in [0.15, 0.2) is 34.9 Å². The van der Waals surface area contributed by atoms with Gasteiger partial charge < -0.3 is 14.6 Å². The van der Waals surface area contributed by atoms with Gasteiger partial charge in [0.2, 0.25) is 0 Å². The van der Waals surface area contributed by atoms with E-state index in [1.54, 1.807) is 0 Å². The lowest BCUT2D eigenvalue weighted by Crippen LogP contribution is -2.30. The number of rotatable bonds is 7. The zero-order valence-corrected chi connectivity index (χ0v) is 11.3. The summed E-state index contributed by atoms with van der Waals surface area (Å²) >= 11 is 0. The predicted molar refractivity (Wildman–Crippen MR) is 76.0 cm³/mol. The predicted octanol–water partition coefficient (Wildman–Crippen LogP) is 2.52. The van der Waals surface area contributed by atoms with Crippen molar-refractivity contribution in [2.45, 2.75) is 13.3 Å². The molecule has 0 atom stereocenters. The molecule has 0 unspecified atom stereocenters. The van der Waals surface area contributed by atoms with E-state index in [1.165, 1.54) is 10.9 Å². The van der Waals surface area contributed by atoms with Gasteiger partial charge in [-0.15, -0.1) is 0 Å². The van der Waals surface area contributed by atoms with Crippen LogP contribution in [0.1, 0.15) is 12.5 Å². The minimum Gasteiger partial charge on any atom is -0.464 e. The van der Waals surface area contributed by atoms with Crippen molar-refractivity contribution in [2.24, 2.45) is 0 Å². The molecule has 0 radical (unpaired) electrons. The van der Waals surface area contributed by atoms with Crippen molar-refractivity contribution in [1.29, 1.82) is 0 Å². The molecule has 0 aliphatic rings. The van der Waals surface area contributed by atoms with Gasteiger partial charge in [0.05, 0.1) is 6.26 Å². The van der Waals surface area contributed by atoms with Crippen LogP contribution in [0.25, 0.3) is 11.0 Å². The molecule has 1 aromatic carbocycles. The van der Waals surface area contributed by atoms with Crippen LogP contribution >= 0.6 is 0 Å². The van der Waals surface area contributed by atoms with E-state index in [9.17, 15) is 0 Å². The maximum atomic E-state index is 5.55. The SMILES string of the molecule is CCNCCN(C)CCc1coc2ccccc12. The molecule has 0 bridgehead atoms. The lowest BCUT2D eigenvalue weighted by molar-refractivity contribution is 0.337. The van der Waals surface area contributed by atoms with Crippen LogP contribution < -0.4 is 5.32 Å². The van der Waals surface area contributed by atoms with Crippen molar-refractivity contribution < 1.29 is 4.42 Å². The largest absolute Gasteiger partial charge is 0.464 e. The van der Waals surface area contributed by atoms with E-state index in [-0.39, 0.29) is 0 Å². The zero-order chi connectivity index (χ0) is 12.8. The Balaban J connectivity index is 1.86. The molecule has 2 rings (SSSR count). The Labute approximate surface area is 109 Å². The molecule has 0 aliphatic carbocycles. The molecule has 2 aromatic rings. The number of benzene rings is 1. The van der Waals surface area contributed by atoms with Crippen LogP contribution in [0.5, 0.6) is 0 Å². The van der Waals surface area contributed by atoms with E-state index >= 15 is 0 Å². The smallest absolute Gasteiger partial charge is 0.134 e. The summed E-state index contributed by atoms with van der Waals surface area (Å²) in [7, 11) is 2.17. The highest BCUT2D eigenvalue weighted by atomic mass is 16.3. The molecule has 1 N–H and O–H groups in total. The van der Waals surface area contributed by atoms with Crippen molar-refractivity contribution in [1.82, 2.24) is 10.2 Å². The van der Waals surface area contributed by atoms with Gasteiger partial charge in [-0.05, 0) is 31.6 Å². The summed E-state index contributed by atoms with van der Waals surface area (Å²) in [5, 5.41) is 4.59. The van der Waals surface area contributed by atoms with Crippen LogP contribution in [0.2, 0.25) is 0 Å². The maximum absolute atomic E-state index is 5.55. The lowest BCUT2D eigenvalue weighted by Gasteiger charge is -2.16. The van der Waals surface area contributed by atoms with E-state index in [1.807, 2.05) is 18.4 Å². The quantitative estimate of drug-likeness (QED) is 0.761. The molecule has 98 valence electrons. The summed E-state index contributed by atoms with van der Waals surface area (Å²) in [6.07, 6.45) is 2.93. The van der Waals surface area contributed by atoms with Crippen molar-refractivity contribution >= 4 is 11.0 Å². The van der Waals surface area contributed by atoms with Gasteiger partial charge in [-0.25, -0.2) is 0 Å². The number of fused-ring (bicyclic) bond motifs is 1. The summed E-state index contributed by atoms with van der Waals surface area (Å²) in [5.74, 6) is 0. The number of likely N-dealkylation sites (N-methyl/N-ethyl adjacent to an activating group) is 2. The number of para-hydroxylation sites is 1. The molecule has 18 heavy (non-hydrogen) atoms. The Kier molecular flexibility index (Phi) is 4.79. The van der Waals surface area contributed by atoms with Gasteiger partial charge in [-0.3, -0.25) is 0 Å². The second-order valence-electron chi connectivity index (χ2n) is 4.66. The normalized spacial score (nSPS) is 11.5. The summed E-state index contributed by atoms with van der Waals surface area (Å²) in [5.41, 5.74) is 2.30. The first-order valence-electron chi connectivity index (χ1n) is 6.65. The van der Waals surface area contributed by atoms with Crippen LogP contribution in [0.3, 0.4) is 0 Å². The van der Waals surface area contributed by atoms with Gasteiger partial charge in [0.15, 0.2) is 0 Å². The molecule has 3 nitrogen and oxygen atoms in total. The standard InChI is InChI=1S/C15H22N2O/c1-3-16-9-11-17(2)10-8-13-12-18-15-7-5-4-6-14(13)15/h4-7,12,16H,3,8-11H2,1-2H3.